The minimum absolute atomic E-state index is 0.267. The first kappa shape index (κ1) is 7.84. The fraction of sp³-hybridized carbons (Fsp3) is 0.200. The molecular formula is C10H11N. The average molecular weight is 145 g/mol. The van der Waals surface area contributed by atoms with Crippen LogP contribution < -0.4 is 5.73 Å². The second-order valence-corrected chi connectivity index (χ2v) is 2.50. The Kier molecular flexibility index (Phi) is 2.30. The predicted octanol–water partition coefficient (Wildman–Crippen LogP) is 1.63. The van der Waals surface area contributed by atoms with Gasteiger partial charge in [0, 0.05) is 0 Å². The van der Waals surface area contributed by atoms with Crippen LogP contribution in [0.5, 0.6) is 0 Å². The molecule has 56 valence electrons. The fourth-order valence-corrected chi connectivity index (χ4v) is 1.03. The van der Waals surface area contributed by atoms with E-state index in [1.165, 1.54) is 0 Å². The molecule has 1 aromatic carbocycles. The lowest BCUT2D eigenvalue weighted by molar-refractivity contribution is 0.933. The zero-order valence-electron chi connectivity index (χ0n) is 6.54. The highest BCUT2D eigenvalue weighted by atomic mass is 14.6. The van der Waals surface area contributed by atoms with E-state index >= 15 is 0 Å². The quantitative estimate of drug-likeness (QED) is 0.597. The van der Waals surface area contributed by atoms with Crippen LogP contribution in [0.4, 0.5) is 0 Å². The fourth-order valence-electron chi connectivity index (χ4n) is 1.03. The number of aryl methyl sites for hydroxylation is 1. The molecule has 0 aliphatic carbocycles. The Hall–Kier alpha value is -1.26. The van der Waals surface area contributed by atoms with Crippen LogP contribution >= 0.6 is 0 Å². The Morgan fingerprint density at radius 2 is 2.09 bits per heavy atom. The lowest BCUT2D eigenvalue weighted by atomic mass is 10.0. The summed E-state index contributed by atoms with van der Waals surface area (Å²) in [6.45, 7) is 2.01. The molecule has 0 saturated heterocycles. The Balaban J connectivity index is 3.05. The number of hydrogen-bond donors (Lipinski definition) is 1. The van der Waals surface area contributed by atoms with Crippen LogP contribution in [0.15, 0.2) is 24.3 Å². The molecule has 0 radical (unpaired) electrons. The van der Waals surface area contributed by atoms with Crippen molar-refractivity contribution in [3.63, 3.8) is 0 Å². The number of benzene rings is 1. The average Bonchev–Trinajstić information content (AvgIpc) is 2.04. The van der Waals surface area contributed by atoms with E-state index in [9.17, 15) is 0 Å². The summed E-state index contributed by atoms with van der Waals surface area (Å²) < 4.78 is 0. The minimum atomic E-state index is -0.267. The van der Waals surface area contributed by atoms with E-state index in [4.69, 9.17) is 12.2 Å². The largest absolute Gasteiger partial charge is 0.314 e. The number of rotatable bonds is 1. The van der Waals surface area contributed by atoms with Crippen LogP contribution in [-0.2, 0) is 0 Å². The summed E-state index contributed by atoms with van der Waals surface area (Å²) in [6.07, 6.45) is 5.20. The molecule has 2 N–H and O–H groups in total. The number of nitrogens with two attached hydrogens (primary N) is 1. The van der Waals surface area contributed by atoms with Crippen molar-refractivity contribution in [1.29, 1.82) is 0 Å². The van der Waals surface area contributed by atoms with Crippen molar-refractivity contribution in [2.45, 2.75) is 13.0 Å². The van der Waals surface area contributed by atoms with Crippen LogP contribution in [0.2, 0.25) is 0 Å². The zero-order chi connectivity index (χ0) is 8.27. The summed E-state index contributed by atoms with van der Waals surface area (Å²) in [5, 5.41) is 0. The van der Waals surface area contributed by atoms with Crippen LogP contribution in [0.1, 0.15) is 17.2 Å². The third-order valence-electron chi connectivity index (χ3n) is 1.70. The second-order valence-electron chi connectivity index (χ2n) is 2.50. The van der Waals surface area contributed by atoms with Gasteiger partial charge in [-0.25, -0.2) is 0 Å². The van der Waals surface area contributed by atoms with Crippen molar-refractivity contribution in [3.8, 4) is 12.3 Å². The van der Waals surface area contributed by atoms with Crippen LogP contribution in [0.3, 0.4) is 0 Å². The van der Waals surface area contributed by atoms with E-state index in [-0.39, 0.29) is 6.04 Å². The van der Waals surface area contributed by atoms with Crippen molar-refractivity contribution in [3.05, 3.63) is 35.4 Å². The summed E-state index contributed by atoms with van der Waals surface area (Å²) in [7, 11) is 0. The Morgan fingerprint density at radius 3 is 2.64 bits per heavy atom. The monoisotopic (exact) mass is 145 g/mol. The SMILES string of the molecule is C#CC(N)c1ccccc1C. The summed E-state index contributed by atoms with van der Waals surface area (Å²) in [5.74, 6) is 2.50. The van der Waals surface area contributed by atoms with E-state index in [0.29, 0.717) is 0 Å². The van der Waals surface area contributed by atoms with E-state index in [2.05, 4.69) is 5.92 Å². The molecule has 0 heterocycles. The smallest absolute Gasteiger partial charge is 0.0920 e. The van der Waals surface area contributed by atoms with Gasteiger partial charge in [0.25, 0.3) is 0 Å². The first-order chi connectivity index (χ1) is 5.25. The molecule has 1 unspecified atom stereocenters. The van der Waals surface area contributed by atoms with E-state index in [1.807, 2.05) is 31.2 Å². The van der Waals surface area contributed by atoms with Gasteiger partial charge in [0.05, 0.1) is 6.04 Å². The van der Waals surface area contributed by atoms with Gasteiger partial charge in [0.15, 0.2) is 0 Å². The van der Waals surface area contributed by atoms with Gasteiger partial charge in [0.1, 0.15) is 0 Å². The van der Waals surface area contributed by atoms with Gasteiger partial charge < -0.3 is 5.73 Å². The molecule has 1 nitrogen and oxygen atoms in total. The van der Waals surface area contributed by atoms with Crippen molar-refractivity contribution >= 4 is 0 Å². The van der Waals surface area contributed by atoms with Gasteiger partial charge in [-0.05, 0) is 18.1 Å². The normalized spacial score (nSPS) is 12.1. The van der Waals surface area contributed by atoms with Crippen molar-refractivity contribution in [2.75, 3.05) is 0 Å². The van der Waals surface area contributed by atoms with Gasteiger partial charge in [-0.2, -0.15) is 0 Å². The first-order valence-corrected chi connectivity index (χ1v) is 3.53. The van der Waals surface area contributed by atoms with Crippen LogP contribution in [0.25, 0.3) is 0 Å². The molecular weight excluding hydrogens is 134 g/mol. The molecule has 0 amide bonds. The first-order valence-electron chi connectivity index (χ1n) is 3.53. The summed E-state index contributed by atoms with van der Waals surface area (Å²) >= 11 is 0. The molecule has 1 heteroatoms. The highest BCUT2D eigenvalue weighted by Gasteiger charge is 2.02. The molecule has 11 heavy (non-hydrogen) atoms. The Bertz CT molecular complexity index is 283. The number of terminal acetylenes is 1. The molecule has 0 aliphatic heterocycles. The summed E-state index contributed by atoms with van der Waals surface area (Å²) in [6, 6.07) is 7.62. The van der Waals surface area contributed by atoms with E-state index in [0.717, 1.165) is 11.1 Å². The standard InChI is InChI=1S/C10H11N/c1-3-10(11)9-7-5-4-6-8(9)2/h1,4-7,10H,11H2,2H3. The molecule has 1 rings (SSSR count). The molecule has 0 aromatic heterocycles. The maximum absolute atomic E-state index is 5.66. The molecule has 1 aromatic rings. The van der Waals surface area contributed by atoms with Crippen LogP contribution in [-0.4, -0.2) is 0 Å². The van der Waals surface area contributed by atoms with Crippen molar-refractivity contribution in [2.24, 2.45) is 5.73 Å². The summed E-state index contributed by atoms with van der Waals surface area (Å²) in [4.78, 5) is 0. The summed E-state index contributed by atoms with van der Waals surface area (Å²) in [5.41, 5.74) is 7.85. The molecule has 0 spiro atoms. The maximum Gasteiger partial charge on any atom is 0.0920 e. The van der Waals surface area contributed by atoms with Gasteiger partial charge in [-0.15, -0.1) is 6.42 Å². The second kappa shape index (κ2) is 3.23. The van der Waals surface area contributed by atoms with Gasteiger partial charge in [0.2, 0.25) is 0 Å². The van der Waals surface area contributed by atoms with E-state index in [1.54, 1.807) is 0 Å². The molecule has 0 bridgehead atoms. The molecule has 0 saturated carbocycles. The highest BCUT2D eigenvalue weighted by Crippen LogP contribution is 2.13. The predicted molar refractivity (Wildman–Crippen MR) is 46.9 cm³/mol. The van der Waals surface area contributed by atoms with Gasteiger partial charge in [-0.1, -0.05) is 30.2 Å². The molecule has 0 aliphatic rings. The van der Waals surface area contributed by atoms with Crippen molar-refractivity contribution in [1.82, 2.24) is 0 Å². The van der Waals surface area contributed by atoms with Crippen molar-refractivity contribution < 1.29 is 0 Å². The topological polar surface area (TPSA) is 26.0 Å². The maximum atomic E-state index is 5.66. The lowest BCUT2D eigenvalue weighted by Crippen LogP contribution is -2.08. The molecule has 0 fully saturated rings. The van der Waals surface area contributed by atoms with Gasteiger partial charge >= 0.3 is 0 Å². The molecule has 1 atom stereocenters. The lowest BCUT2D eigenvalue weighted by Gasteiger charge is -2.06. The Labute approximate surface area is 67.2 Å². The van der Waals surface area contributed by atoms with E-state index < -0.39 is 0 Å². The minimum Gasteiger partial charge on any atom is -0.314 e. The third kappa shape index (κ3) is 1.60. The number of hydrogen-bond acceptors (Lipinski definition) is 1. The van der Waals surface area contributed by atoms with Gasteiger partial charge in [-0.3, -0.25) is 0 Å². The third-order valence-corrected chi connectivity index (χ3v) is 1.70. The zero-order valence-corrected chi connectivity index (χ0v) is 6.54. The highest BCUT2D eigenvalue weighted by molar-refractivity contribution is 5.32. The van der Waals surface area contributed by atoms with Crippen LogP contribution in [0, 0.1) is 19.3 Å². The Morgan fingerprint density at radius 1 is 1.45 bits per heavy atom.